The van der Waals surface area contributed by atoms with Crippen molar-refractivity contribution >= 4 is 11.6 Å². The molecule has 1 aromatic carbocycles. The van der Waals surface area contributed by atoms with E-state index in [1.807, 2.05) is 12.1 Å². The predicted octanol–water partition coefficient (Wildman–Crippen LogP) is 3.27. The van der Waals surface area contributed by atoms with Gasteiger partial charge < -0.3 is 5.32 Å². The maximum atomic E-state index is 5.88. The minimum Gasteiger partial charge on any atom is -0.311 e. The van der Waals surface area contributed by atoms with E-state index in [1.165, 1.54) is 12.0 Å². The summed E-state index contributed by atoms with van der Waals surface area (Å²) in [6.07, 6.45) is 2.40. The monoisotopic (exact) mass is 223 g/mol. The number of hydrogen-bond donors (Lipinski definition) is 1. The van der Waals surface area contributed by atoms with Gasteiger partial charge in [-0.1, -0.05) is 37.6 Å². The van der Waals surface area contributed by atoms with Gasteiger partial charge in [-0.05, 0) is 43.0 Å². The van der Waals surface area contributed by atoms with Crippen molar-refractivity contribution in [2.75, 3.05) is 6.54 Å². The number of hydrogen-bond acceptors (Lipinski definition) is 1. The number of nitrogens with one attached hydrogen (secondary N) is 1. The Morgan fingerprint density at radius 2 is 1.93 bits per heavy atom. The molecule has 1 heterocycles. The van der Waals surface area contributed by atoms with Crippen molar-refractivity contribution in [2.24, 2.45) is 5.92 Å². The number of benzene rings is 1. The summed E-state index contributed by atoms with van der Waals surface area (Å²) in [5.41, 5.74) is 1.70. The first-order valence-corrected chi connectivity index (χ1v) is 6.00. The van der Waals surface area contributed by atoms with Crippen LogP contribution in [0.2, 0.25) is 5.02 Å². The lowest BCUT2D eigenvalue weighted by Crippen LogP contribution is -2.61. The largest absolute Gasteiger partial charge is 0.311 e. The molecule has 0 radical (unpaired) electrons. The van der Waals surface area contributed by atoms with E-state index in [4.69, 9.17) is 11.6 Å². The van der Waals surface area contributed by atoms with Crippen LogP contribution in [0.15, 0.2) is 24.3 Å². The molecule has 1 unspecified atom stereocenters. The molecule has 2 heteroatoms. The smallest absolute Gasteiger partial charge is 0.0406 e. The van der Waals surface area contributed by atoms with Gasteiger partial charge in [0.2, 0.25) is 0 Å². The van der Waals surface area contributed by atoms with Gasteiger partial charge >= 0.3 is 0 Å². The third-order valence-electron chi connectivity index (χ3n) is 3.59. The Balaban J connectivity index is 2.10. The molecule has 0 saturated carbocycles. The molecule has 1 aliphatic rings. The molecule has 1 N–H and O–H groups in total. The summed E-state index contributed by atoms with van der Waals surface area (Å²) in [5, 5.41) is 4.41. The molecule has 15 heavy (non-hydrogen) atoms. The lowest BCUT2D eigenvalue weighted by Gasteiger charge is -2.47. The molecule has 0 bridgehead atoms. The van der Waals surface area contributed by atoms with Crippen LogP contribution < -0.4 is 5.32 Å². The van der Waals surface area contributed by atoms with Gasteiger partial charge in [0.25, 0.3) is 0 Å². The Morgan fingerprint density at radius 3 is 2.33 bits per heavy atom. The van der Waals surface area contributed by atoms with Crippen molar-refractivity contribution in [1.82, 2.24) is 5.32 Å². The Hall–Kier alpha value is -0.530. The Morgan fingerprint density at radius 1 is 1.33 bits per heavy atom. The van der Waals surface area contributed by atoms with E-state index < -0.39 is 0 Å². The molecule has 0 spiro atoms. The zero-order chi connectivity index (χ0) is 10.9. The summed E-state index contributed by atoms with van der Waals surface area (Å²) in [7, 11) is 0. The van der Waals surface area contributed by atoms with E-state index in [0.717, 1.165) is 18.0 Å². The minimum absolute atomic E-state index is 0.327. The van der Waals surface area contributed by atoms with Gasteiger partial charge in [0, 0.05) is 10.6 Å². The molecular weight excluding hydrogens is 206 g/mol. The van der Waals surface area contributed by atoms with Crippen LogP contribution in [0, 0.1) is 5.92 Å². The summed E-state index contributed by atoms with van der Waals surface area (Å²) in [5.74, 6) is 0.682. The summed E-state index contributed by atoms with van der Waals surface area (Å²) in [6, 6.07) is 8.21. The third-order valence-corrected chi connectivity index (χ3v) is 3.84. The summed E-state index contributed by atoms with van der Waals surface area (Å²) < 4.78 is 0. The van der Waals surface area contributed by atoms with Crippen molar-refractivity contribution < 1.29 is 0 Å². The second-order valence-corrected chi connectivity index (χ2v) is 5.23. The third kappa shape index (κ3) is 2.19. The lowest BCUT2D eigenvalue weighted by molar-refractivity contribution is 0.139. The number of halogens is 1. The Labute approximate surface area is 96.8 Å². The molecule has 2 rings (SSSR count). The first-order valence-electron chi connectivity index (χ1n) is 5.62. The van der Waals surface area contributed by atoms with Gasteiger partial charge in [-0.15, -0.1) is 0 Å². The van der Waals surface area contributed by atoms with Crippen LogP contribution >= 0.6 is 11.6 Å². The maximum Gasteiger partial charge on any atom is 0.0406 e. The molecule has 0 amide bonds. The van der Waals surface area contributed by atoms with Gasteiger partial charge in [-0.3, -0.25) is 0 Å². The maximum absolute atomic E-state index is 5.88. The van der Waals surface area contributed by atoms with E-state index in [-0.39, 0.29) is 0 Å². The fraction of sp³-hybridized carbons (Fsp3) is 0.538. The highest BCUT2D eigenvalue weighted by molar-refractivity contribution is 6.30. The zero-order valence-electron chi connectivity index (χ0n) is 9.39. The second-order valence-electron chi connectivity index (χ2n) is 4.79. The average molecular weight is 224 g/mol. The molecule has 82 valence electrons. The van der Waals surface area contributed by atoms with Gasteiger partial charge in [0.05, 0.1) is 0 Å². The summed E-state index contributed by atoms with van der Waals surface area (Å²) in [6.45, 7) is 5.75. The molecular formula is C13H18ClN. The molecule has 1 aliphatic heterocycles. The SMILES string of the molecule is CC(C)C1(Cc2ccc(Cl)cc2)CCN1. The van der Waals surface area contributed by atoms with Crippen molar-refractivity contribution in [3.63, 3.8) is 0 Å². The predicted molar refractivity (Wildman–Crippen MR) is 65.3 cm³/mol. The van der Waals surface area contributed by atoms with Crippen LogP contribution in [0.25, 0.3) is 0 Å². The van der Waals surface area contributed by atoms with Crippen molar-refractivity contribution in [3.05, 3.63) is 34.9 Å². The van der Waals surface area contributed by atoms with E-state index >= 15 is 0 Å². The zero-order valence-corrected chi connectivity index (χ0v) is 10.1. The highest BCUT2D eigenvalue weighted by Gasteiger charge is 2.39. The standard InChI is InChI=1S/C13H18ClN/c1-10(2)13(7-8-15-13)9-11-3-5-12(14)6-4-11/h3-6,10,15H,7-9H2,1-2H3. The normalized spacial score (nSPS) is 25.3. The second kappa shape index (κ2) is 4.15. The summed E-state index contributed by atoms with van der Waals surface area (Å²) >= 11 is 5.88. The first kappa shape index (κ1) is 11.0. The van der Waals surface area contributed by atoms with Crippen LogP contribution in [-0.4, -0.2) is 12.1 Å². The summed E-state index contributed by atoms with van der Waals surface area (Å²) in [4.78, 5) is 0. The first-order chi connectivity index (χ1) is 7.12. The van der Waals surface area contributed by atoms with Gasteiger partial charge in [-0.2, -0.15) is 0 Å². The molecule has 1 saturated heterocycles. The van der Waals surface area contributed by atoms with E-state index in [0.29, 0.717) is 11.5 Å². The quantitative estimate of drug-likeness (QED) is 0.830. The van der Waals surface area contributed by atoms with Crippen LogP contribution in [0.1, 0.15) is 25.8 Å². The van der Waals surface area contributed by atoms with Crippen molar-refractivity contribution in [3.8, 4) is 0 Å². The van der Waals surface area contributed by atoms with Gasteiger partial charge in [0.1, 0.15) is 0 Å². The van der Waals surface area contributed by atoms with Gasteiger partial charge in [0.15, 0.2) is 0 Å². The van der Waals surface area contributed by atoms with Crippen molar-refractivity contribution in [2.45, 2.75) is 32.2 Å². The van der Waals surface area contributed by atoms with Crippen LogP contribution in [0.5, 0.6) is 0 Å². The van der Waals surface area contributed by atoms with E-state index in [1.54, 1.807) is 0 Å². The average Bonchev–Trinajstić information content (AvgIpc) is 2.13. The van der Waals surface area contributed by atoms with Gasteiger partial charge in [-0.25, -0.2) is 0 Å². The molecule has 0 aliphatic carbocycles. The number of rotatable bonds is 3. The fourth-order valence-corrected chi connectivity index (χ4v) is 2.39. The van der Waals surface area contributed by atoms with Crippen molar-refractivity contribution in [1.29, 1.82) is 0 Å². The van der Waals surface area contributed by atoms with Crippen LogP contribution in [0.3, 0.4) is 0 Å². The molecule has 1 nitrogen and oxygen atoms in total. The molecule has 1 fully saturated rings. The Bertz CT molecular complexity index is 325. The van der Waals surface area contributed by atoms with E-state index in [2.05, 4.69) is 31.3 Å². The molecule has 1 atom stereocenters. The lowest BCUT2D eigenvalue weighted by atomic mass is 9.73. The van der Waals surface area contributed by atoms with Crippen LogP contribution in [-0.2, 0) is 6.42 Å². The molecule has 0 aromatic heterocycles. The van der Waals surface area contributed by atoms with Crippen LogP contribution in [0.4, 0.5) is 0 Å². The molecule has 1 aromatic rings. The minimum atomic E-state index is 0.327. The topological polar surface area (TPSA) is 12.0 Å². The fourth-order valence-electron chi connectivity index (χ4n) is 2.26. The highest BCUT2D eigenvalue weighted by atomic mass is 35.5. The Kier molecular flexibility index (Phi) is 3.03. The van der Waals surface area contributed by atoms with E-state index in [9.17, 15) is 0 Å². The highest BCUT2D eigenvalue weighted by Crippen LogP contribution is 2.31.